The van der Waals surface area contributed by atoms with Gasteiger partial charge in [-0.3, -0.25) is 9.97 Å². The molecule has 0 aliphatic rings. The van der Waals surface area contributed by atoms with Crippen molar-refractivity contribution in [3.8, 4) is 33.9 Å². The smallest absolute Gasteiger partial charge is 0.503 e. The summed E-state index contributed by atoms with van der Waals surface area (Å²) in [6.07, 6.45) is 5.79. The first-order valence-electron chi connectivity index (χ1n) is 16.2. The molecule has 0 aliphatic heterocycles. The molecular weight excluding hydrogens is 709 g/mol. The van der Waals surface area contributed by atoms with E-state index in [2.05, 4.69) is 106 Å². The van der Waals surface area contributed by atoms with E-state index in [-0.39, 0.29) is 20.4 Å². The first kappa shape index (κ1) is 28.8. The van der Waals surface area contributed by atoms with Crippen LogP contribution < -0.4 is 4.74 Å². The van der Waals surface area contributed by atoms with Gasteiger partial charge in [-0.2, -0.15) is 6.07 Å². The van der Waals surface area contributed by atoms with Crippen molar-refractivity contribution < 1.29 is 25.2 Å². The summed E-state index contributed by atoms with van der Waals surface area (Å²) in [6, 6.07) is 48.6. The van der Waals surface area contributed by atoms with Crippen LogP contribution in [-0.2, 0) is 20.4 Å². The number of pyridine rings is 3. The fraction of sp³-hybridized carbons (Fsp3) is 0. The molecule has 0 amide bonds. The van der Waals surface area contributed by atoms with Gasteiger partial charge in [-0.25, -0.2) is 4.98 Å². The van der Waals surface area contributed by atoms with Crippen LogP contribution in [-0.4, -0.2) is 23.8 Å². The first-order chi connectivity index (χ1) is 24.3. The Bertz CT molecular complexity index is 3080. The minimum atomic E-state index is 0. The monoisotopic (exact) mass is 731 g/mol. The number of fused-ring (bicyclic) bond motifs is 12. The third kappa shape index (κ3) is 4.08. The Labute approximate surface area is 299 Å². The molecule has 6 nitrogen and oxygen atoms in total. The fourth-order valence-corrected chi connectivity index (χ4v) is 7.50. The zero-order valence-electron chi connectivity index (χ0n) is 26.2. The molecule has 0 fully saturated rings. The molecular formula is C43H23N5OPd. The number of hydrogen-bond acceptors (Lipinski definition) is 4. The van der Waals surface area contributed by atoms with Crippen LogP contribution in [0.1, 0.15) is 0 Å². The molecule has 11 aromatic rings. The van der Waals surface area contributed by atoms with Gasteiger partial charge in [-0.15, -0.1) is 23.6 Å². The predicted molar refractivity (Wildman–Crippen MR) is 196 cm³/mol. The molecule has 6 heterocycles. The van der Waals surface area contributed by atoms with Crippen molar-refractivity contribution in [1.29, 1.82) is 0 Å². The summed E-state index contributed by atoms with van der Waals surface area (Å²) in [4.78, 5) is 14.8. The van der Waals surface area contributed by atoms with E-state index >= 15 is 0 Å². The second-order valence-electron chi connectivity index (χ2n) is 12.3. The molecule has 11 rings (SSSR count). The van der Waals surface area contributed by atoms with Crippen LogP contribution >= 0.6 is 0 Å². The molecule has 0 N–H and O–H groups in total. The molecule has 0 atom stereocenters. The van der Waals surface area contributed by atoms with Gasteiger partial charge in [0.15, 0.2) is 0 Å². The molecule has 0 saturated carbocycles. The summed E-state index contributed by atoms with van der Waals surface area (Å²) >= 11 is 0. The summed E-state index contributed by atoms with van der Waals surface area (Å²) < 4.78 is 10.9. The molecule has 6 aromatic heterocycles. The summed E-state index contributed by atoms with van der Waals surface area (Å²) in [5, 5.41) is 6.40. The second-order valence-corrected chi connectivity index (χ2v) is 12.3. The minimum Gasteiger partial charge on any atom is -0.503 e. The van der Waals surface area contributed by atoms with Crippen LogP contribution in [0.5, 0.6) is 11.5 Å². The van der Waals surface area contributed by atoms with Crippen molar-refractivity contribution in [1.82, 2.24) is 23.8 Å². The normalized spacial score (nSPS) is 11.8. The summed E-state index contributed by atoms with van der Waals surface area (Å²) in [7, 11) is 0. The number of ether oxygens (including phenoxy) is 1. The maximum atomic E-state index is 6.54. The van der Waals surface area contributed by atoms with Crippen molar-refractivity contribution in [2.75, 3.05) is 0 Å². The van der Waals surface area contributed by atoms with E-state index in [0.29, 0.717) is 11.5 Å². The van der Waals surface area contributed by atoms with Crippen LogP contribution in [0, 0.1) is 12.1 Å². The fourth-order valence-electron chi connectivity index (χ4n) is 7.50. The van der Waals surface area contributed by atoms with Crippen molar-refractivity contribution in [3.05, 3.63) is 152 Å². The maximum Gasteiger partial charge on any atom is 2.00 e. The third-order valence-corrected chi connectivity index (χ3v) is 9.61. The molecule has 0 spiro atoms. The standard InChI is InChI=1S/C43H23N5O.Pd/c1-3-9-26(10-4-1)30-20-22-45-43-39(30)34-14-7-13-33-31-18-16-29(24-38(31)48(43)41(33)34)49-28-17-19-32-35(23-28)42-46-36(27-11-5-2-6-12-27)25-47(42)37-15-8-21-44-40(32)37;/h1-22,25H;/q-2;+2. The minimum absolute atomic E-state index is 0. The molecule has 7 heteroatoms. The van der Waals surface area contributed by atoms with Crippen molar-refractivity contribution >= 4 is 65.7 Å². The Morgan fingerprint density at radius 1 is 0.580 bits per heavy atom. The summed E-state index contributed by atoms with van der Waals surface area (Å²) in [5.41, 5.74) is 9.92. The van der Waals surface area contributed by atoms with Gasteiger partial charge in [0.1, 0.15) is 5.65 Å². The van der Waals surface area contributed by atoms with Crippen LogP contribution in [0.25, 0.3) is 88.1 Å². The van der Waals surface area contributed by atoms with Gasteiger partial charge in [0.25, 0.3) is 0 Å². The van der Waals surface area contributed by atoms with E-state index in [9.17, 15) is 0 Å². The van der Waals surface area contributed by atoms with Crippen LogP contribution in [0.3, 0.4) is 0 Å². The van der Waals surface area contributed by atoms with Gasteiger partial charge in [0.2, 0.25) is 0 Å². The SMILES string of the molecule is [Pd+2].[c-]1c(Oc2[c-]c3c(cc2)c2cccc4c5c(-c6ccccc6)ccnc5n3c24)ccc2c1c1nc(-c3ccccc3)cn1c1cccnc21. The number of para-hydroxylation sites is 1. The first-order valence-corrected chi connectivity index (χ1v) is 16.2. The van der Waals surface area contributed by atoms with E-state index in [1.807, 2.05) is 54.9 Å². The second kappa shape index (κ2) is 10.9. The molecule has 50 heavy (non-hydrogen) atoms. The number of hydrogen-bond donors (Lipinski definition) is 0. The Balaban J connectivity index is 0.00000316. The van der Waals surface area contributed by atoms with Gasteiger partial charge in [0, 0.05) is 51.9 Å². The number of aromatic nitrogens is 5. The molecule has 0 unspecified atom stereocenters. The molecule has 0 aliphatic carbocycles. The maximum absolute atomic E-state index is 6.54. The molecule has 5 aromatic carbocycles. The average molecular weight is 732 g/mol. The summed E-state index contributed by atoms with van der Waals surface area (Å²) in [5.74, 6) is 1.17. The Kier molecular flexibility index (Phi) is 6.31. The van der Waals surface area contributed by atoms with Gasteiger partial charge >= 0.3 is 20.4 Å². The molecule has 0 saturated heterocycles. The Hall–Kier alpha value is -6.13. The van der Waals surface area contributed by atoms with E-state index in [4.69, 9.17) is 19.7 Å². The van der Waals surface area contributed by atoms with Gasteiger partial charge < -0.3 is 13.5 Å². The number of rotatable bonds is 4. The Morgan fingerprint density at radius 2 is 1.34 bits per heavy atom. The average Bonchev–Trinajstić information content (AvgIpc) is 3.86. The van der Waals surface area contributed by atoms with E-state index in [1.165, 1.54) is 16.3 Å². The van der Waals surface area contributed by atoms with Crippen molar-refractivity contribution in [3.63, 3.8) is 0 Å². The van der Waals surface area contributed by atoms with Crippen LogP contribution in [0.4, 0.5) is 0 Å². The third-order valence-electron chi connectivity index (χ3n) is 9.61. The zero-order valence-corrected chi connectivity index (χ0v) is 27.8. The van der Waals surface area contributed by atoms with Crippen molar-refractivity contribution in [2.24, 2.45) is 0 Å². The molecule has 0 bridgehead atoms. The van der Waals surface area contributed by atoms with Gasteiger partial charge in [-0.1, -0.05) is 107 Å². The van der Waals surface area contributed by atoms with Gasteiger partial charge in [-0.05, 0) is 34.7 Å². The predicted octanol–water partition coefficient (Wildman–Crippen LogP) is 10.3. The molecule has 236 valence electrons. The Morgan fingerprint density at radius 3 is 2.18 bits per heavy atom. The van der Waals surface area contributed by atoms with E-state index in [1.54, 1.807) is 0 Å². The van der Waals surface area contributed by atoms with Crippen molar-refractivity contribution in [2.45, 2.75) is 0 Å². The van der Waals surface area contributed by atoms with Gasteiger partial charge in [0.05, 0.1) is 22.4 Å². The largest absolute Gasteiger partial charge is 2.00 e. The molecule has 0 radical (unpaired) electrons. The number of imidazole rings is 1. The number of nitrogens with zero attached hydrogens (tertiary/aromatic N) is 5. The van der Waals surface area contributed by atoms with Crippen LogP contribution in [0.15, 0.2) is 140 Å². The zero-order chi connectivity index (χ0) is 32.1. The summed E-state index contributed by atoms with van der Waals surface area (Å²) in [6.45, 7) is 0. The quantitative estimate of drug-likeness (QED) is 0.103. The van der Waals surface area contributed by atoms with Crippen LogP contribution in [0.2, 0.25) is 0 Å². The number of benzene rings is 5. The topological polar surface area (TPSA) is 56.7 Å². The van der Waals surface area contributed by atoms with E-state index in [0.717, 1.165) is 71.7 Å². The van der Waals surface area contributed by atoms with E-state index < -0.39 is 0 Å².